The fourth-order valence-corrected chi connectivity index (χ4v) is 2.51. The molecule has 0 unspecified atom stereocenters. The number of aromatic nitrogens is 3. The predicted molar refractivity (Wildman–Crippen MR) is 73.5 cm³/mol. The van der Waals surface area contributed by atoms with Crippen molar-refractivity contribution in [2.45, 2.75) is 19.9 Å². The van der Waals surface area contributed by atoms with Crippen molar-refractivity contribution in [3.8, 4) is 0 Å². The molecule has 0 aromatic carbocycles. The fraction of sp³-hybridized carbons (Fsp3) is 0.357. The van der Waals surface area contributed by atoms with E-state index in [9.17, 15) is 9.59 Å². The van der Waals surface area contributed by atoms with Gasteiger partial charge in [-0.3, -0.25) is 14.7 Å². The summed E-state index contributed by atoms with van der Waals surface area (Å²) in [5, 5.41) is 7.20. The number of nitrogens with zero attached hydrogens (tertiary/aromatic N) is 3. The Bertz CT molecular complexity index is 729. The van der Waals surface area contributed by atoms with Crippen LogP contribution in [0.5, 0.6) is 0 Å². The molecule has 1 N–H and O–H groups in total. The number of amides is 1. The number of carbonyl (C=O) groups is 1. The van der Waals surface area contributed by atoms with Crippen molar-refractivity contribution in [1.82, 2.24) is 19.7 Å². The van der Waals surface area contributed by atoms with Crippen molar-refractivity contribution in [3.63, 3.8) is 0 Å². The van der Waals surface area contributed by atoms with Gasteiger partial charge in [-0.1, -0.05) is 0 Å². The molecule has 3 rings (SSSR count). The zero-order chi connectivity index (χ0) is 14.3. The van der Waals surface area contributed by atoms with Crippen molar-refractivity contribution in [1.29, 1.82) is 0 Å². The fourth-order valence-electron chi connectivity index (χ4n) is 2.51. The summed E-state index contributed by atoms with van der Waals surface area (Å²) >= 11 is 0. The summed E-state index contributed by atoms with van der Waals surface area (Å²) in [4.78, 5) is 25.7. The first-order chi connectivity index (χ1) is 9.56. The third-order valence-corrected chi connectivity index (χ3v) is 3.75. The Kier molecular flexibility index (Phi) is 2.93. The molecule has 1 aliphatic heterocycles. The van der Waals surface area contributed by atoms with Crippen LogP contribution >= 0.6 is 0 Å². The van der Waals surface area contributed by atoms with E-state index in [4.69, 9.17) is 0 Å². The zero-order valence-electron chi connectivity index (χ0n) is 11.5. The van der Waals surface area contributed by atoms with Crippen LogP contribution in [-0.2, 0) is 20.0 Å². The summed E-state index contributed by atoms with van der Waals surface area (Å²) < 4.78 is 1.42. The van der Waals surface area contributed by atoms with E-state index in [0.29, 0.717) is 18.7 Å². The largest absolute Gasteiger partial charge is 0.334 e. The molecule has 2 aromatic heterocycles. The maximum Gasteiger partial charge on any atom is 0.255 e. The van der Waals surface area contributed by atoms with Crippen molar-refractivity contribution in [3.05, 3.63) is 51.2 Å². The van der Waals surface area contributed by atoms with Crippen LogP contribution in [0.3, 0.4) is 0 Å². The summed E-state index contributed by atoms with van der Waals surface area (Å²) in [7, 11) is 1.65. The number of carbonyl (C=O) groups excluding carboxylic acids is 1. The lowest BCUT2D eigenvalue weighted by atomic mass is 10.1. The topological polar surface area (TPSA) is 71.0 Å². The van der Waals surface area contributed by atoms with Crippen LogP contribution in [-0.4, -0.2) is 32.1 Å². The highest BCUT2D eigenvalue weighted by atomic mass is 16.2. The Morgan fingerprint density at radius 1 is 1.40 bits per heavy atom. The molecule has 2 aromatic rings. The van der Waals surface area contributed by atoms with Gasteiger partial charge in [-0.2, -0.15) is 5.10 Å². The highest BCUT2D eigenvalue weighted by Gasteiger charge is 2.24. The lowest BCUT2D eigenvalue weighted by molar-refractivity contribution is 0.0733. The van der Waals surface area contributed by atoms with Crippen LogP contribution in [0.1, 0.15) is 27.3 Å². The van der Waals surface area contributed by atoms with E-state index in [1.54, 1.807) is 24.2 Å². The van der Waals surface area contributed by atoms with Crippen LogP contribution in [0.15, 0.2) is 23.1 Å². The minimum Gasteiger partial charge on any atom is -0.334 e. The summed E-state index contributed by atoms with van der Waals surface area (Å²) in [5.74, 6) is -0.0492. The number of nitrogens with one attached hydrogen (secondary N) is 1. The maximum atomic E-state index is 12.5. The van der Waals surface area contributed by atoms with Crippen LogP contribution in [0.25, 0.3) is 0 Å². The van der Waals surface area contributed by atoms with E-state index < -0.39 is 0 Å². The molecule has 0 saturated carbocycles. The molecule has 1 amide bonds. The first kappa shape index (κ1) is 12.7. The highest BCUT2D eigenvalue weighted by Crippen LogP contribution is 2.20. The van der Waals surface area contributed by atoms with Gasteiger partial charge in [0, 0.05) is 50.1 Å². The molecule has 0 radical (unpaired) electrons. The van der Waals surface area contributed by atoms with E-state index in [1.807, 2.05) is 6.92 Å². The Hall–Kier alpha value is -2.37. The van der Waals surface area contributed by atoms with Crippen molar-refractivity contribution < 1.29 is 4.79 Å². The quantitative estimate of drug-likeness (QED) is 0.827. The molecule has 1 aliphatic rings. The van der Waals surface area contributed by atoms with E-state index >= 15 is 0 Å². The van der Waals surface area contributed by atoms with E-state index in [2.05, 4.69) is 10.2 Å². The average Bonchev–Trinajstić information content (AvgIpc) is 2.82. The van der Waals surface area contributed by atoms with Gasteiger partial charge in [0.1, 0.15) is 0 Å². The molecule has 104 valence electrons. The molecule has 20 heavy (non-hydrogen) atoms. The monoisotopic (exact) mass is 272 g/mol. The molecule has 6 nitrogen and oxygen atoms in total. The molecule has 3 heterocycles. The molecule has 0 atom stereocenters. The van der Waals surface area contributed by atoms with Crippen molar-refractivity contribution >= 4 is 5.91 Å². The molecular weight excluding hydrogens is 256 g/mol. The number of H-pyrrole nitrogens is 1. The third-order valence-electron chi connectivity index (χ3n) is 3.75. The third kappa shape index (κ3) is 2.03. The van der Waals surface area contributed by atoms with Gasteiger partial charge in [0.25, 0.3) is 5.91 Å². The highest BCUT2D eigenvalue weighted by molar-refractivity contribution is 5.94. The Morgan fingerprint density at radius 2 is 2.20 bits per heavy atom. The number of aryl methyl sites for hydroxylation is 2. The van der Waals surface area contributed by atoms with Crippen molar-refractivity contribution in [2.24, 2.45) is 7.05 Å². The number of hydrogen-bond donors (Lipinski definition) is 1. The van der Waals surface area contributed by atoms with Crippen LogP contribution < -0.4 is 5.56 Å². The van der Waals surface area contributed by atoms with E-state index in [-0.39, 0.29) is 11.5 Å². The zero-order valence-corrected chi connectivity index (χ0v) is 11.5. The first-order valence-corrected chi connectivity index (χ1v) is 6.55. The molecule has 0 spiro atoms. The number of pyridine rings is 1. The normalized spacial score (nSPS) is 14.2. The van der Waals surface area contributed by atoms with Crippen LogP contribution in [0.4, 0.5) is 0 Å². The second-order valence-corrected chi connectivity index (χ2v) is 5.12. The molecule has 0 saturated heterocycles. The number of rotatable bonds is 1. The maximum absolute atomic E-state index is 12.5. The standard InChI is InChI=1S/C14H16N4O2/c1-9-11-8-18(6-5-12(11)16-15-9)14(20)10-3-4-13(19)17(2)7-10/h3-4,7H,5-6,8H2,1-2H3,(H,15,16). The number of fused-ring (bicyclic) bond motifs is 1. The molecule has 0 aliphatic carbocycles. The minimum absolute atomic E-state index is 0.0492. The Labute approximate surface area is 116 Å². The lowest BCUT2D eigenvalue weighted by Gasteiger charge is -2.27. The predicted octanol–water partition coefficient (Wildman–Crippen LogP) is 0.615. The van der Waals surface area contributed by atoms with Gasteiger partial charge in [0.15, 0.2) is 0 Å². The molecule has 6 heteroatoms. The molecule has 0 fully saturated rings. The van der Waals surface area contributed by atoms with Gasteiger partial charge in [-0.15, -0.1) is 0 Å². The molecular formula is C14H16N4O2. The average molecular weight is 272 g/mol. The second-order valence-electron chi connectivity index (χ2n) is 5.12. The number of aromatic amines is 1. The van der Waals surface area contributed by atoms with Crippen LogP contribution in [0.2, 0.25) is 0 Å². The number of hydrogen-bond acceptors (Lipinski definition) is 3. The summed E-state index contributed by atoms with van der Waals surface area (Å²) in [6, 6.07) is 3.01. The lowest BCUT2D eigenvalue weighted by Crippen LogP contribution is -2.36. The van der Waals surface area contributed by atoms with E-state index in [0.717, 1.165) is 23.4 Å². The first-order valence-electron chi connectivity index (χ1n) is 6.55. The molecule has 0 bridgehead atoms. The van der Waals surface area contributed by atoms with E-state index in [1.165, 1.54) is 10.6 Å². The Balaban J connectivity index is 1.87. The van der Waals surface area contributed by atoms with Gasteiger partial charge in [0.2, 0.25) is 5.56 Å². The summed E-state index contributed by atoms with van der Waals surface area (Å²) in [5.41, 5.74) is 3.59. The second kappa shape index (κ2) is 4.63. The van der Waals surface area contributed by atoms with Crippen molar-refractivity contribution in [2.75, 3.05) is 6.54 Å². The van der Waals surface area contributed by atoms with Gasteiger partial charge in [-0.05, 0) is 13.0 Å². The van der Waals surface area contributed by atoms with Gasteiger partial charge in [0.05, 0.1) is 11.3 Å². The van der Waals surface area contributed by atoms with Crippen LogP contribution in [0, 0.1) is 6.92 Å². The SMILES string of the molecule is Cc1[nH]nc2c1CN(C(=O)c1ccc(=O)n(C)c1)CC2. The van der Waals surface area contributed by atoms with Gasteiger partial charge >= 0.3 is 0 Å². The Morgan fingerprint density at radius 3 is 2.95 bits per heavy atom. The van der Waals surface area contributed by atoms with Gasteiger partial charge in [-0.25, -0.2) is 0 Å². The summed E-state index contributed by atoms with van der Waals surface area (Å²) in [6.45, 7) is 3.18. The smallest absolute Gasteiger partial charge is 0.255 e. The minimum atomic E-state index is -0.117. The van der Waals surface area contributed by atoms with Gasteiger partial charge < -0.3 is 9.47 Å². The summed E-state index contributed by atoms with van der Waals surface area (Å²) in [6.07, 6.45) is 2.35.